The van der Waals surface area contributed by atoms with Crippen LogP contribution in [0.1, 0.15) is 18.4 Å². The summed E-state index contributed by atoms with van der Waals surface area (Å²) in [7, 11) is 0. The number of benzene rings is 1. The molecule has 0 aliphatic carbocycles. The van der Waals surface area contributed by atoms with E-state index in [1.54, 1.807) is 17.0 Å². The number of hydrogen-bond donors (Lipinski definition) is 2. The van der Waals surface area contributed by atoms with Crippen LogP contribution in [0.15, 0.2) is 36.4 Å². The molecule has 0 radical (unpaired) electrons. The van der Waals surface area contributed by atoms with Gasteiger partial charge in [-0.25, -0.2) is 9.78 Å². The zero-order chi connectivity index (χ0) is 18.0. The molecule has 0 spiro atoms. The number of hydrogen-bond acceptors (Lipinski definition) is 3. The number of anilines is 1. The van der Waals surface area contributed by atoms with Crippen LogP contribution in [0, 0.1) is 0 Å². The molecular formula is C17H16Cl3N3O2. The summed E-state index contributed by atoms with van der Waals surface area (Å²) in [5.74, 6) is 0. The Morgan fingerprint density at radius 1 is 1.08 bits per heavy atom. The summed E-state index contributed by atoms with van der Waals surface area (Å²) >= 11 is 17.6. The Labute approximate surface area is 160 Å². The molecule has 1 aliphatic heterocycles. The number of aliphatic hydroxyl groups is 1. The van der Waals surface area contributed by atoms with Gasteiger partial charge in [0.15, 0.2) is 0 Å². The van der Waals surface area contributed by atoms with E-state index in [4.69, 9.17) is 34.8 Å². The molecule has 0 unspecified atom stereocenters. The lowest BCUT2D eigenvalue weighted by atomic mass is 9.84. The van der Waals surface area contributed by atoms with Crippen molar-refractivity contribution in [3.05, 3.63) is 57.3 Å². The molecule has 2 amide bonds. The number of nitrogens with one attached hydrogen (secondary N) is 1. The monoisotopic (exact) mass is 399 g/mol. The third-order valence-corrected chi connectivity index (χ3v) is 4.91. The number of pyridine rings is 1. The molecule has 5 nitrogen and oxygen atoms in total. The Bertz CT molecular complexity index is 755. The van der Waals surface area contributed by atoms with Gasteiger partial charge >= 0.3 is 6.03 Å². The highest BCUT2D eigenvalue weighted by Gasteiger charge is 2.35. The Morgan fingerprint density at radius 3 is 2.20 bits per heavy atom. The summed E-state index contributed by atoms with van der Waals surface area (Å²) in [6.45, 7) is 0.856. The van der Waals surface area contributed by atoms with Gasteiger partial charge in [-0.05, 0) is 42.7 Å². The van der Waals surface area contributed by atoms with E-state index in [-0.39, 0.29) is 16.3 Å². The fraction of sp³-hybridized carbons (Fsp3) is 0.294. The van der Waals surface area contributed by atoms with E-state index in [9.17, 15) is 9.90 Å². The first-order valence-corrected chi connectivity index (χ1v) is 8.87. The molecule has 132 valence electrons. The predicted octanol–water partition coefficient (Wildman–Crippen LogP) is 4.56. The van der Waals surface area contributed by atoms with Crippen LogP contribution in [-0.2, 0) is 5.60 Å². The summed E-state index contributed by atoms with van der Waals surface area (Å²) < 4.78 is 0. The average molecular weight is 401 g/mol. The quantitative estimate of drug-likeness (QED) is 0.726. The zero-order valence-corrected chi connectivity index (χ0v) is 15.4. The lowest BCUT2D eigenvalue weighted by Crippen LogP contribution is -2.46. The smallest absolute Gasteiger partial charge is 0.321 e. The number of carbonyl (C=O) groups is 1. The molecule has 0 saturated carbocycles. The van der Waals surface area contributed by atoms with Crippen molar-refractivity contribution >= 4 is 46.5 Å². The summed E-state index contributed by atoms with van der Waals surface area (Å²) in [5, 5.41) is 14.6. The highest BCUT2D eigenvalue weighted by Crippen LogP contribution is 2.33. The second-order valence-corrected chi connectivity index (χ2v) is 7.17. The standard InChI is InChI=1S/C17H16Cl3N3O2/c18-12-3-1-11(2-4-12)17(25)5-7-23(8-6-17)16(24)21-13-9-14(19)22-15(20)10-13/h1-4,9-10,25H,5-8H2,(H,21,22,24). The minimum absolute atomic E-state index is 0.207. The van der Waals surface area contributed by atoms with Crippen LogP contribution in [0.2, 0.25) is 15.3 Å². The number of aromatic nitrogens is 1. The van der Waals surface area contributed by atoms with E-state index in [1.807, 2.05) is 12.1 Å². The van der Waals surface area contributed by atoms with Gasteiger partial charge in [0.2, 0.25) is 0 Å². The van der Waals surface area contributed by atoms with E-state index >= 15 is 0 Å². The molecule has 2 heterocycles. The lowest BCUT2D eigenvalue weighted by Gasteiger charge is -2.38. The predicted molar refractivity (Wildman–Crippen MR) is 99.4 cm³/mol. The summed E-state index contributed by atoms with van der Waals surface area (Å²) in [6.07, 6.45) is 0.889. The van der Waals surface area contributed by atoms with Crippen molar-refractivity contribution in [1.29, 1.82) is 0 Å². The number of carbonyl (C=O) groups excluding carboxylic acids is 1. The maximum Gasteiger partial charge on any atom is 0.321 e. The minimum atomic E-state index is -0.954. The molecule has 25 heavy (non-hydrogen) atoms. The normalized spacial score (nSPS) is 16.6. The van der Waals surface area contributed by atoms with Crippen molar-refractivity contribution in [3.8, 4) is 0 Å². The van der Waals surface area contributed by atoms with Crippen LogP contribution in [0.25, 0.3) is 0 Å². The molecule has 3 rings (SSSR count). The van der Waals surface area contributed by atoms with Gasteiger partial charge in [0.25, 0.3) is 0 Å². The van der Waals surface area contributed by atoms with E-state index in [2.05, 4.69) is 10.3 Å². The molecular weight excluding hydrogens is 385 g/mol. The molecule has 1 aliphatic rings. The Kier molecular flexibility index (Phi) is 5.39. The highest BCUT2D eigenvalue weighted by atomic mass is 35.5. The molecule has 2 N–H and O–H groups in total. The van der Waals surface area contributed by atoms with Crippen LogP contribution < -0.4 is 5.32 Å². The first-order chi connectivity index (χ1) is 11.9. The van der Waals surface area contributed by atoms with Crippen molar-refractivity contribution in [2.24, 2.45) is 0 Å². The lowest BCUT2D eigenvalue weighted by molar-refractivity contribution is -0.0156. The van der Waals surface area contributed by atoms with Crippen molar-refractivity contribution in [2.45, 2.75) is 18.4 Å². The number of halogens is 3. The fourth-order valence-electron chi connectivity index (χ4n) is 2.87. The largest absolute Gasteiger partial charge is 0.385 e. The Hall–Kier alpha value is -1.53. The summed E-state index contributed by atoms with van der Waals surface area (Å²) in [4.78, 5) is 17.9. The number of piperidine rings is 1. The van der Waals surface area contributed by atoms with Crippen molar-refractivity contribution in [1.82, 2.24) is 9.88 Å². The molecule has 1 aromatic carbocycles. The highest BCUT2D eigenvalue weighted by molar-refractivity contribution is 6.33. The van der Waals surface area contributed by atoms with E-state index in [0.29, 0.717) is 36.6 Å². The number of amides is 2. The van der Waals surface area contributed by atoms with Crippen LogP contribution in [0.5, 0.6) is 0 Å². The molecule has 1 aromatic heterocycles. The number of nitrogens with zero attached hydrogens (tertiary/aromatic N) is 2. The molecule has 1 fully saturated rings. The van der Waals surface area contributed by atoms with Gasteiger partial charge in [0.05, 0.1) is 5.60 Å². The van der Waals surface area contributed by atoms with Gasteiger partial charge in [-0.2, -0.15) is 0 Å². The van der Waals surface area contributed by atoms with E-state index < -0.39 is 5.60 Å². The number of urea groups is 1. The van der Waals surface area contributed by atoms with Gasteiger partial charge in [-0.15, -0.1) is 0 Å². The molecule has 0 bridgehead atoms. The molecule has 8 heteroatoms. The fourth-order valence-corrected chi connectivity index (χ4v) is 3.45. The van der Waals surface area contributed by atoms with Crippen LogP contribution >= 0.6 is 34.8 Å². The summed E-state index contributed by atoms with van der Waals surface area (Å²) in [6, 6.07) is 9.93. The van der Waals surface area contributed by atoms with Gasteiger partial charge in [-0.1, -0.05) is 46.9 Å². The van der Waals surface area contributed by atoms with Crippen molar-refractivity contribution < 1.29 is 9.90 Å². The topological polar surface area (TPSA) is 65.5 Å². The minimum Gasteiger partial charge on any atom is -0.385 e. The summed E-state index contributed by atoms with van der Waals surface area (Å²) in [5.41, 5.74) is 0.336. The number of rotatable bonds is 2. The van der Waals surface area contributed by atoms with E-state index in [0.717, 1.165) is 5.56 Å². The maximum absolute atomic E-state index is 12.4. The Morgan fingerprint density at radius 2 is 1.64 bits per heavy atom. The SMILES string of the molecule is O=C(Nc1cc(Cl)nc(Cl)c1)N1CCC(O)(c2ccc(Cl)cc2)CC1. The first kappa shape index (κ1) is 18.3. The van der Waals surface area contributed by atoms with Crippen molar-refractivity contribution in [3.63, 3.8) is 0 Å². The first-order valence-electron chi connectivity index (χ1n) is 7.73. The third-order valence-electron chi connectivity index (χ3n) is 4.27. The third kappa shape index (κ3) is 4.36. The van der Waals surface area contributed by atoms with Gasteiger partial charge in [-0.3, -0.25) is 0 Å². The second-order valence-electron chi connectivity index (χ2n) is 5.96. The van der Waals surface area contributed by atoms with E-state index in [1.165, 1.54) is 12.1 Å². The van der Waals surface area contributed by atoms with Gasteiger partial charge in [0.1, 0.15) is 10.3 Å². The Balaban J connectivity index is 1.63. The van der Waals surface area contributed by atoms with Crippen molar-refractivity contribution in [2.75, 3.05) is 18.4 Å². The van der Waals surface area contributed by atoms with Crippen LogP contribution in [0.3, 0.4) is 0 Å². The number of likely N-dealkylation sites (tertiary alicyclic amines) is 1. The van der Waals surface area contributed by atoms with Crippen LogP contribution in [0.4, 0.5) is 10.5 Å². The second kappa shape index (κ2) is 7.38. The molecule has 0 atom stereocenters. The van der Waals surface area contributed by atoms with Crippen LogP contribution in [-0.4, -0.2) is 34.1 Å². The molecule has 1 saturated heterocycles. The van der Waals surface area contributed by atoms with Gasteiger partial charge in [0, 0.05) is 23.8 Å². The van der Waals surface area contributed by atoms with Gasteiger partial charge < -0.3 is 15.3 Å². The molecule has 2 aromatic rings. The average Bonchev–Trinajstić information content (AvgIpc) is 2.55. The maximum atomic E-state index is 12.4. The zero-order valence-electron chi connectivity index (χ0n) is 13.2.